The average Bonchev–Trinajstić information content (AvgIpc) is 3.13. The summed E-state index contributed by atoms with van der Waals surface area (Å²) in [6, 6.07) is 4.85. The van der Waals surface area contributed by atoms with Crippen molar-refractivity contribution in [2.75, 3.05) is 37.9 Å². The van der Waals surface area contributed by atoms with Gasteiger partial charge in [-0.25, -0.2) is 0 Å². The number of thioether (sulfide) groups is 1. The zero-order chi connectivity index (χ0) is 18.2. The monoisotopic (exact) mass is 402 g/mol. The summed E-state index contributed by atoms with van der Waals surface area (Å²) >= 11 is 12.4. The van der Waals surface area contributed by atoms with E-state index in [-0.39, 0.29) is 12.4 Å². The number of thiocarbonyl (C=S) groups is 1. The number of amides is 1. The average molecular weight is 403 g/mol. The second-order valence-corrected chi connectivity index (χ2v) is 7.35. The summed E-state index contributed by atoms with van der Waals surface area (Å²) in [6.45, 7) is 1.49. The van der Waals surface area contributed by atoms with Crippen molar-refractivity contribution < 1.29 is 19.1 Å². The van der Waals surface area contributed by atoms with E-state index in [1.165, 1.54) is 18.9 Å². The summed E-state index contributed by atoms with van der Waals surface area (Å²) in [4.78, 5) is 25.7. The van der Waals surface area contributed by atoms with E-state index in [1.807, 2.05) is 0 Å². The van der Waals surface area contributed by atoms with Crippen LogP contribution in [0.5, 0.6) is 5.75 Å². The molecule has 0 bridgehead atoms. The molecule has 1 saturated heterocycles. The molecule has 1 fully saturated rings. The molecule has 0 radical (unpaired) electrons. The lowest BCUT2D eigenvalue weighted by molar-refractivity contribution is -0.144. The van der Waals surface area contributed by atoms with Gasteiger partial charge in [0, 0.05) is 18.1 Å². The summed E-state index contributed by atoms with van der Waals surface area (Å²) in [5.74, 6) is -0.403. The van der Waals surface area contributed by atoms with E-state index >= 15 is 0 Å². The highest BCUT2D eigenvalue weighted by molar-refractivity contribution is 8.23. The normalized spacial score (nSPS) is 13.4. The van der Waals surface area contributed by atoms with Crippen molar-refractivity contribution in [2.45, 2.75) is 12.8 Å². The summed E-state index contributed by atoms with van der Waals surface area (Å²) < 4.78 is 10.8. The molecule has 0 aromatic heterocycles. The lowest BCUT2D eigenvalue weighted by Crippen LogP contribution is -2.25. The minimum Gasteiger partial charge on any atom is -0.495 e. The summed E-state index contributed by atoms with van der Waals surface area (Å²) in [7, 11) is 1.49. The van der Waals surface area contributed by atoms with Crippen molar-refractivity contribution >= 4 is 57.5 Å². The van der Waals surface area contributed by atoms with Crippen LogP contribution in [-0.4, -0.2) is 53.7 Å². The molecule has 136 valence electrons. The third-order valence-corrected chi connectivity index (χ3v) is 5.21. The van der Waals surface area contributed by atoms with Crippen molar-refractivity contribution in [1.29, 1.82) is 0 Å². The van der Waals surface area contributed by atoms with Crippen molar-refractivity contribution in [2.24, 2.45) is 0 Å². The van der Waals surface area contributed by atoms with Crippen LogP contribution in [0, 0.1) is 0 Å². The fourth-order valence-corrected chi connectivity index (χ4v) is 3.48. The van der Waals surface area contributed by atoms with Gasteiger partial charge in [0.2, 0.25) is 0 Å². The first kappa shape index (κ1) is 19.8. The van der Waals surface area contributed by atoms with Gasteiger partial charge in [-0.05, 0) is 31.0 Å². The minimum absolute atomic E-state index is 0.0864. The topological polar surface area (TPSA) is 67.9 Å². The quantitative estimate of drug-likeness (QED) is 0.579. The fourth-order valence-electron chi connectivity index (χ4n) is 2.26. The lowest BCUT2D eigenvalue weighted by atomic mass is 10.3. The largest absolute Gasteiger partial charge is 0.495 e. The van der Waals surface area contributed by atoms with Gasteiger partial charge < -0.3 is 19.7 Å². The fraction of sp³-hybridized carbons (Fsp3) is 0.438. The van der Waals surface area contributed by atoms with Gasteiger partial charge >= 0.3 is 5.97 Å². The number of nitrogens with zero attached hydrogens (tertiary/aromatic N) is 1. The zero-order valence-corrected chi connectivity index (χ0v) is 16.1. The van der Waals surface area contributed by atoms with Crippen molar-refractivity contribution in [3.05, 3.63) is 23.2 Å². The van der Waals surface area contributed by atoms with Crippen LogP contribution in [0.25, 0.3) is 0 Å². The molecule has 1 aromatic rings. The molecule has 1 heterocycles. The second-order valence-electron chi connectivity index (χ2n) is 5.30. The van der Waals surface area contributed by atoms with E-state index in [0.29, 0.717) is 20.8 Å². The minimum atomic E-state index is -0.486. The Morgan fingerprint density at radius 3 is 2.76 bits per heavy atom. The predicted molar refractivity (Wildman–Crippen MR) is 103 cm³/mol. The maximum absolute atomic E-state index is 11.9. The van der Waals surface area contributed by atoms with E-state index in [1.54, 1.807) is 18.2 Å². The highest BCUT2D eigenvalue weighted by Gasteiger charge is 2.17. The molecule has 1 aromatic carbocycles. The SMILES string of the molecule is COc1ccc(Cl)cc1NC(=O)COC(=O)CSC(=S)N1CCCC1. The first-order chi connectivity index (χ1) is 12.0. The molecule has 0 unspecified atom stereocenters. The molecule has 0 spiro atoms. The van der Waals surface area contributed by atoms with Crippen LogP contribution in [-0.2, 0) is 14.3 Å². The van der Waals surface area contributed by atoms with Crippen molar-refractivity contribution in [3.8, 4) is 5.75 Å². The smallest absolute Gasteiger partial charge is 0.316 e. The van der Waals surface area contributed by atoms with Crippen molar-refractivity contribution in [3.63, 3.8) is 0 Å². The molecule has 1 N–H and O–H groups in total. The standard InChI is InChI=1S/C16H19ClN2O4S2/c1-22-13-5-4-11(17)8-12(13)18-14(20)9-23-15(21)10-25-16(24)19-6-2-3-7-19/h4-5,8H,2-3,6-7,9-10H2,1H3,(H,18,20). The lowest BCUT2D eigenvalue weighted by Gasteiger charge is -2.17. The third kappa shape index (κ3) is 6.37. The number of likely N-dealkylation sites (tertiary alicyclic amines) is 1. The Morgan fingerprint density at radius 1 is 1.36 bits per heavy atom. The van der Waals surface area contributed by atoms with Gasteiger partial charge in [-0.2, -0.15) is 0 Å². The summed E-state index contributed by atoms with van der Waals surface area (Å²) in [6.07, 6.45) is 2.25. The van der Waals surface area contributed by atoms with Crippen LogP contribution in [0.15, 0.2) is 18.2 Å². The van der Waals surface area contributed by atoms with Crippen LogP contribution >= 0.6 is 35.6 Å². The number of hydrogen-bond acceptors (Lipinski definition) is 6. The molecule has 25 heavy (non-hydrogen) atoms. The first-order valence-corrected chi connectivity index (χ1v) is 9.47. The maximum atomic E-state index is 11.9. The highest BCUT2D eigenvalue weighted by atomic mass is 35.5. The Kier molecular flexibility index (Phi) is 7.80. The third-order valence-electron chi connectivity index (χ3n) is 3.48. The van der Waals surface area contributed by atoms with Crippen LogP contribution < -0.4 is 10.1 Å². The summed E-state index contributed by atoms with van der Waals surface area (Å²) in [5, 5.41) is 3.06. The number of carbonyl (C=O) groups is 2. The number of esters is 1. The second kappa shape index (κ2) is 9.84. The Hall–Kier alpha value is -1.51. The van der Waals surface area contributed by atoms with E-state index in [2.05, 4.69) is 10.2 Å². The van der Waals surface area contributed by atoms with E-state index in [4.69, 9.17) is 33.3 Å². The molecule has 1 aliphatic rings. The van der Waals surface area contributed by atoms with Gasteiger partial charge in [0.05, 0.1) is 18.6 Å². The van der Waals surface area contributed by atoms with Gasteiger partial charge in [-0.1, -0.05) is 35.6 Å². The summed E-state index contributed by atoms with van der Waals surface area (Å²) in [5.41, 5.74) is 0.417. The van der Waals surface area contributed by atoms with Gasteiger partial charge in [0.25, 0.3) is 5.91 Å². The van der Waals surface area contributed by atoms with Crippen LogP contribution in [0.3, 0.4) is 0 Å². The van der Waals surface area contributed by atoms with E-state index in [0.717, 1.165) is 25.9 Å². The number of rotatable bonds is 6. The molecule has 2 rings (SSSR count). The maximum Gasteiger partial charge on any atom is 0.316 e. The van der Waals surface area contributed by atoms with Gasteiger partial charge in [-0.3, -0.25) is 9.59 Å². The Labute approximate surface area is 161 Å². The van der Waals surface area contributed by atoms with Crippen LogP contribution in [0.4, 0.5) is 5.69 Å². The van der Waals surface area contributed by atoms with E-state index in [9.17, 15) is 9.59 Å². The Balaban J connectivity index is 1.73. The Bertz CT molecular complexity index is 651. The number of carbonyl (C=O) groups excluding carboxylic acids is 2. The van der Waals surface area contributed by atoms with E-state index < -0.39 is 11.9 Å². The highest BCUT2D eigenvalue weighted by Crippen LogP contribution is 2.27. The van der Waals surface area contributed by atoms with Gasteiger partial charge in [0.15, 0.2) is 6.61 Å². The van der Waals surface area contributed by atoms with Gasteiger partial charge in [-0.15, -0.1) is 0 Å². The number of benzene rings is 1. The van der Waals surface area contributed by atoms with Crippen molar-refractivity contribution in [1.82, 2.24) is 4.90 Å². The molecule has 6 nitrogen and oxygen atoms in total. The number of nitrogens with one attached hydrogen (secondary N) is 1. The molecular formula is C16H19ClN2O4S2. The number of methoxy groups -OCH3 is 1. The molecular weight excluding hydrogens is 384 g/mol. The first-order valence-electron chi connectivity index (χ1n) is 7.70. The number of ether oxygens (including phenoxy) is 2. The molecule has 1 amide bonds. The molecule has 0 saturated carbocycles. The molecule has 0 aliphatic carbocycles. The zero-order valence-electron chi connectivity index (χ0n) is 13.7. The molecule has 9 heteroatoms. The number of halogens is 1. The predicted octanol–water partition coefficient (Wildman–Crippen LogP) is 2.94. The number of hydrogen-bond donors (Lipinski definition) is 1. The van der Waals surface area contributed by atoms with Gasteiger partial charge in [0.1, 0.15) is 10.1 Å². The molecule has 0 atom stereocenters. The van der Waals surface area contributed by atoms with Crippen LogP contribution in [0.2, 0.25) is 5.02 Å². The number of anilines is 1. The van der Waals surface area contributed by atoms with Crippen LogP contribution in [0.1, 0.15) is 12.8 Å². The Morgan fingerprint density at radius 2 is 2.08 bits per heavy atom. The molecule has 1 aliphatic heterocycles.